The van der Waals surface area contributed by atoms with Gasteiger partial charge in [0.15, 0.2) is 0 Å². The molecule has 11 rings (SSSR count). The molecule has 0 aliphatic carbocycles. The molecule has 0 spiro atoms. The summed E-state index contributed by atoms with van der Waals surface area (Å²) < 4.78 is 1.80. The zero-order valence-electron chi connectivity index (χ0n) is 34.5. The van der Waals surface area contributed by atoms with Gasteiger partial charge in [0.05, 0.1) is 22.1 Å². The Balaban J connectivity index is 0.000000129. The quantitative estimate of drug-likeness (QED) is 0.164. The molecule has 0 bridgehead atoms. The number of hydrogen-bond acceptors (Lipinski definition) is 9. The summed E-state index contributed by atoms with van der Waals surface area (Å²) in [6.07, 6.45) is 8.49. The highest BCUT2D eigenvalue weighted by atomic mass is 16.2. The number of benzene rings is 4. The molecule has 6 aromatic rings. The van der Waals surface area contributed by atoms with Crippen LogP contribution in [-0.2, 0) is 17.9 Å². The van der Waals surface area contributed by atoms with Crippen molar-refractivity contribution in [3.05, 3.63) is 120 Å². The van der Waals surface area contributed by atoms with Gasteiger partial charge in [0.25, 0.3) is 5.91 Å². The summed E-state index contributed by atoms with van der Waals surface area (Å²) in [7, 11) is 0. The molecule has 4 saturated heterocycles. The van der Waals surface area contributed by atoms with Gasteiger partial charge in [-0.2, -0.15) is 0 Å². The molecule has 7 heterocycles. The largest absolute Gasteiger partial charge is 0.350 e. The molecule has 4 aromatic carbocycles. The van der Waals surface area contributed by atoms with Gasteiger partial charge in [-0.05, 0) is 86.8 Å². The van der Waals surface area contributed by atoms with Crippen molar-refractivity contribution < 1.29 is 9.59 Å². The number of anilines is 2. The second-order valence-corrected chi connectivity index (χ2v) is 17.0. The molecule has 2 aromatic heterocycles. The minimum absolute atomic E-state index is 0.0378. The van der Waals surface area contributed by atoms with Crippen LogP contribution in [0.5, 0.6) is 0 Å². The van der Waals surface area contributed by atoms with Crippen molar-refractivity contribution in [2.75, 3.05) is 49.1 Å². The fourth-order valence-electron chi connectivity index (χ4n) is 9.61. The highest BCUT2D eigenvalue weighted by Crippen LogP contribution is 2.35. The Kier molecular flexibility index (Phi) is 12.2. The van der Waals surface area contributed by atoms with Gasteiger partial charge in [-0.15, -0.1) is 0 Å². The first-order valence-electron chi connectivity index (χ1n) is 22.0. The van der Waals surface area contributed by atoms with Crippen LogP contribution >= 0.6 is 0 Å². The van der Waals surface area contributed by atoms with E-state index in [-0.39, 0.29) is 29.9 Å². The number of para-hydroxylation sites is 4. The monoisotopic (exact) mass is 806 g/mol. The number of piperidine rings is 2. The van der Waals surface area contributed by atoms with Gasteiger partial charge < -0.3 is 25.8 Å². The van der Waals surface area contributed by atoms with E-state index in [1.807, 2.05) is 48.5 Å². The standard InChI is InChI=1S/C24H29N5O.C13H13N3O.C11H16N2/c30-23(25-19-13-15-28(17-19)16-18-8-2-1-3-9-18)22-12-6-7-14-29(22)24-26-20-10-4-5-11-21(20)27-24;17-12-11-7-3-4-8-15(11)13-14-9-5-1-2-6-10(9)16(12)13;12-11-6-7-13(9-11)8-10-4-2-1-3-5-10/h1-5,8-11,19,22H,6-7,12-17H2,(H,25,30)(H,26,27);1-2,5-6,11H,3-4,7-8H2;1-5,11H,6-9,12H2/t19-,22?;;11-/m0.0/s1. The number of imidazole rings is 2. The van der Waals surface area contributed by atoms with E-state index in [1.165, 1.54) is 11.1 Å². The number of amides is 1. The molecular weight excluding hydrogens is 749 g/mol. The maximum atomic E-state index is 13.2. The highest BCUT2D eigenvalue weighted by molar-refractivity contribution is 6.02. The predicted octanol–water partition coefficient (Wildman–Crippen LogP) is 6.58. The number of fused-ring (bicyclic) bond motifs is 6. The maximum Gasteiger partial charge on any atom is 0.256 e. The third kappa shape index (κ3) is 8.96. The van der Waals surface area contributed by atoms with Crippen molar-refractivity contribution in [1.82, 2.24) is 34.6 Å². The van der Waals surface area contributed by atoms with Gasteiger partial charge >= 0.3 is 0 Å². The summed E-state index contributed by atoms with van der Waals surface area (Å²) in [6.45, 7) is 7.96. The molecule has 5 aliphatic rings. The van der Waals surface area contributed by atoms with Crippen LogP contribution in [0.2, 0.25) is 0 Å². The smallest absolute Gasteiger partial charge is 0.256 e. The number of aromatic nitrogens is 4. The number of nitrogens with two attached hydrogens (primary N) is 1. The van der Waals surface area contributed by atoms with Gasteiger partial charge in [0.2, 0.25) is 17.8 Å². The number of likely N-dealkylation sites (tertiary alicyclic amines) is 2. The number of carbonyl (C=O) groups excluding carboxylic acids is 2. The number of carbonyl (C=O) groups is 2. The Morgan fingerprint density at radius 2 is 1.30 bits per heavy atom. The van der Waals surface area contributed by atoms with Crippen LogP contribution < -0.4 is 20.9 Å². The first kappa shape index (κ1) is 39.9. The molecule has 4 fully saturated rings. The second kappa shape index (κ2) is 18.4. The zero-order valence-corrected chi connectivity index (χ0v) is 34.5. The summed E-state index contributed by atoms with van der Waals surface area (Å²) in [5, 5.41) is 3.33. The van der Waals surface area contributed by atoms with Gasteiger partial charge in [-0.25, -0.2) is 14.5 Å². The van der Waals surface area contributed by atoms with Crippen LogP contribution in [0.1, 0.15) is 67.3 Å². The molecule has 4 N–H and O–H groups in total. The molecule has 4 atom stereocenters. The van der Waals surface area contributed by atoms with Crippen LogP contribution in [0, 0.1) is 0 Å². The van der Waals surface area contributed by atoms with Crippen LogP contribution in [0.3, 0.4) is 0 Å². The molecule has 0 saturated carbocycles. The Bertz CT molecular complexity index is 2330. The molecule has 60 heavy (non-hydrogen) atoms. The first-order chi connectivity index (χ1) is 29.5. The molecule has 1 amide bonds. The number of hydrogen-bond donors (Lipinski definition) is 3. The number of nitrogens with one attached hydrogen (secondary N) is 2. The van der Waals surface area contributed by atoms with Crippen molar-refractivity contribution in [2.45, 2.75) is 88.6 Å². The van der Waals surface area contributed by atoms with Gasteiger partial charge in [0.1, 0.15) is 12.1 Å². The lowest BCUT2D eigenvalue weighted by atomic mass is 10.0. The molecule has 12 nitrogen and oxygen atoms in total. The van der Waals surface area contributed by atoms with E-state index in [9.17, 15) is 9.59 Å². The Morgan fingerprint density at radius 1 is 0.667 bits per heavy atom. The summed E-state index contributed by atoms with van der Waals surface area (Å²) in [4.78, 5) is 47.5. The third-order valence-electron chi connectivity index (χ3n) is 12.7. The third-order valence-corrected chi connectivity index (χ3v) is 12.7. The fraction of sp³-hybridized carbons (Fsp3) is 0.417. The maximum absolute atomic E-state index is 13.2. The Morgan fingerprint density at radius 3 is 2.02 bits per heavy atom. The van der Waals surface area contributed by atoms with Crippen molar-refractivity contribution in [3.8, 4) is 0 Å². The van der Waals surface area contributed by atoms with E-state index in [0.29, 0.717) is 6.04 Å². The number of nitrogens with zero attached hydrogens (tertiary/aromatic N) is 7. The van der Waals surface area contributed by atoms with Crippen LogP contribution in [0.25, 0.3) is 22.1 Å². The topological polar surface area (TPSA) is 132 Å². The Hall–Kier alpha value is -5.56. The second-order valence-electron chi connectivity index (χ2n) is 17.0. The molecular formula is C48H58N10O2. The van der Waals surface area contributed by atoms with Gasteiger partial charge in [-0.1, -0.05) is 84.9 Å². The van der Waals surface area contributed by atoms with Gasteiger partial charge in [0, 0.05) is 64.4 Å². The van der Waals surface area contributed by atoms with E-state index in [4.69, 9.17) is 10.7 Å². The number of rotatable bonds is 7. The lowest BCUT2D eigenvalue weighted by molar-refractivity contribution is -0.123. The van der Waals surface area contributed by atoms with Crippen molar-refractivity contribution in [2.24, 2.45) is 5.73 Å². The summed E-state index contributed by atoms with van der Waals surface area (Å²) in [5.41, 5.74) is 12.4. The summed E-state index contributed by atoms with van der Waals surface area (Å²) in [5.74, 6) is 2.00. The molecule has 5 aliphatic heterocycles. The SMILES string of the molecule is N[C@H]1CCN(Cc2ccccc2)C1.O=C(N[C@H]1CCN(Cc2ccccc2)C1)C1CCCCN1c1nc2ccccc2[nH]1.O=C1C2CCCCN2c2nc3ccccc3n21. The van der Waals surface area contributed by atoms with Crippen LogP contribution in [-0.4, -0.2) is 105 Å². The number of H-pyrrole nitrogens is 1. The normalized spacial score (nSPS) is 22.9. The average molecular weight is 807 g/mol. The molecule has 12 heteroatoms. The van der Waals surface area contributed by atoms with Crippen molar-refractivity contribution >= 4 is 45.8 Å². The van der Waals surface area contributed by atoms with E-state index >= 15 is 0 Å². The van der Waals surface area contributed by atoms with Crippen LogP contribution in [0.15, 0.2) is 109 Å². The predicted molar refractivity (Wildman–Crippen MR) is 239 cm³/mol. The lowest BCUT2D eigenvalue weighted by Gasteiger charge is -2.35. The van der Waals surface area contributed by atoms with Crippen LogP contribution in [0.4, 0.5) is 11.9 Å². The molecule has 0 radical (unpaired) electrons. The zero-order chi connectivity index (χ0) is 40.8. The summed E-state index contributed by atoms with van der Waals surface area (Å²) in [6, 6.07) is 37.5. The van der Waals surface area contributed by atoms with E-state index in [1.54, 1.807) is 4.57 Å². The molecule has 312 valence electrons. The Labute approximate surface area is 352 Å². The number of aromatic amines is 1. The minimum atomic E-state index is -0.150. The fourth-order valence-corrected chi connectivity index (χ4v) is 9.61. The highest BCUT2D eigenvalue weighted by Gasteiger charge is 2.41. The van der Waals surface area contributed by atoms with Crippen molar-refractivity contribution in [3.63, 3.8) is 0 Å². The first-order valence-corrected chi connectivity index (χ1v) is 22.0. The van der Waals surface area contributed by atoms with E-state index < -0.39 is 0 Å². The van der Waals surface area contributed by atoms with E-state index in [2.05, 4.69) is 95.5 Å². The summed E-state index contributed by atoms with van der Waals surface area (Å²) >= 11 is 0. The lowest BCUT2D eigenvalue weighted by Crippen LogP contribution is -2.52. The van der Waals surface area contributed by atoms with Crippen molar-refractivity contribution in [1.29, 1.82) is 0 Å². The average Bonchev–Trinajstić information content (AvgIpc) is 4.13. The minimum Gasteiger partial charge on any atom is -0.350 e. The van der Waals surface area contributed by atoms with E-state index in [0.717, 1.165) is 138 Å². The van der Waals surface area contributed by atoms with Gasteiger partial charge in [-0.3, -0.25) is 19.4 Å². The molecule has 2 unspecified atom stereocenters.